The second-order valence-electron chi connectivity index (χ2n) is 6.64. The van der Waals surface area contributed by atoms with Crippen molar-refractivity contribution in [1.82, 2.24) is 9.88 Å². The summed E-state index contributed by atoms with van der Waals surface area (Å²) >= 11 is 0. The Morgan fingerprint density at radius 2 is 1.96 bits per heavy atom. The van der Waals surface area contributed by atoms with Crippen LogP contribution in [-0.2, 0) is 12.8 Å². The van der Waals surface area contributed by atoms with Crippen LogP contribution in [0.4, 0.5) is 0 Å². The van der Waals surface area contributed by atoms with Gasteiger partial charge < -0.3 is 9.88 Å². The van der Waals surface area contributed by atoms with Crippen LogP contribution in [0.25, 0.3) is 10.9 Å². The molecule has 0 spiro atoms. The molecule has 126 valence electrons. The number of rotatable bonds is 4. The molecule has 1 aromatic heterocycles. The number of para-hydroxylation sites is 1. The number of nitrogens with zero attached hydrogens (tertiary/aromatic N) is 1. The van der Waals surface area contributed by atoms with E-state index in [1.54, 1.807) is 6.20 Å². The van der Waals surface area contributed by atoms with E-state index >= 15 is 0 Å². The molecule has 25 heavy (non-hydrogen) atoms. The highest BCUT2D eigenvalue weighted by molar-refractivity contribution is 5.98. The SMILES string of the molecule is CC1Cc2cccc3c(=O)c(C(=O)NCCc4ccccc4)cn1c23. The molecule has 0 saturated heterocycles. The van der Waals surface area contributed by atoms with E-state index < -0.39 is 0 Å². The predicted octanol–water partition coefficient (Wildman–Crippen LogP) is 3.09. The number of aromatic nitrogens is 1. The van der Waals surface area contributed by atoms with Crippen LogP contribution in [0.5, 0.6) is 0 Å². The van der Waals surface area contributed by atoms with Gasteiger partial charge in [0.2, 0.25) is 5.43 Å². The molecule has 0 saturated carbocycles. The van der Waals surface area contributed by atoms with E-state index in [1.165, 1.54) is 5.56 Å². The van der Waals surface area contributed by atoms with Gasteiger partial charge in [-0.15, -0.1) is 0 Å². The summed E-state index contributed by atoms with van der Waals surface area (Å²) in [6, 6.07) is 16.0. The topological polar surface area (TPSA) is 51.1 Å². The monoisotopic (exact) mass is 332 g/mol. The molecule has 4 heteroatoms. The Morgan fingerprint density at radius 3 is 2.76 bits per heavy atom. The van der Waals surface area contributed by atoms with Gasteiger partial charge in [0.1, 0.15) is 5.56 Å². The molecule has 0 radical (unpaired) electrons. The average Bonchev–Trinajstić information content (AvgIpc) is 2.95. The van der Waals surface area contributed by atoms with Crippen molar-refractivity contribution in [2.75, 3.05) is 6.54 Å². The maximum atomic E-state index is 12.8. The summed E-state index contributed by atoms with van der Waals surface area (Å²) in [5.74, 6) is -0.295. The minimum atomic E-state index is -0.295. The Hall–Kier alpha value is -2.88. The molecule has 1 aliphatic rings. The maximum absolute atomic E-state index is 12.8. The Balaban J connectivity index is 1.61. The Bertz CT molecular complexity index is 1010. The van der Waals surface area contributed by atoms with Crippen LogP contribution in [0.3, 0.4) is 0 Å². The Morgan fingerprint density at radius 1 is 1.16 bits per heavy atom. The third kappa shape index (κ3) is 2.74. The highest BCUT2D eigenvalue weighted by atomic mass is 16.2. The minimum Gasteiger partial charge on any atom is -0.352 e. The first kappa shape index (κ1) is 15.6. The molecular weight excluding hydrogens is 312 g/mol. The standard InChI is InChI=1S/C21H20N2O2/c1-14-12-16-8-5-9-17-19(16)23(14)13-18(20(17)24)21(25)22-11-10-15-6-3-2-4-7-15/h2-9,13-14H,10-12H2,1H3,(H,22,25). The van der Waals surface area contributed by atoms with E-state index in [-0.39, 0.29) is 22.9 Å². The number of pyridine rings is 1. The van der Waals surface area contributed by atoms with Gasteiger partial charge in [-0.3, -0.25) is 9.59 Å². The largest absolute Gasteiger partial charge is 0.352 e. The van der Waals surface area contributed by atoms with Crippen LogP contribution in [0.1, 0.15) is 34.5 Å². The van der Waals surface area contributed by atoms with Gasteiger partial charge in [-0.05, 0) is 37.0 Å². The van der Waals surface area contributed by atoms with Crippen molar-refractivity contribution in [3.8, 4) is 0 Å². The van der Waals surface area contributed by atoms with Gasteiger partial charge in [0.25, 0.3) is 5.91 Å². The van der Waals surface area contributed by atoms with Crippen molar-refractivity contribution in [3.05, 3.63) is 81.6 Å². The lowest BCUT2D eigenvalue weighted by molar-refractivity contribution is 0.0952. The molecule has 2 aromatic carbocycles. The van der Waals surface area contributed by atoms with Crippen molar-refractivity contribution in [1.29, 1.82) is 0 Å². The molecule has 0 bridgehead atoms. The number of hydrogen-bond acceptors (Lipinski definition) is 2. The second-order valence-corrected chi connectivity index (χ2v) is 6.64. The van der Waals surface area contributed by atoms with Gasteiger partial charge in [-0.2, -0.15) is 0 Å². The lowest BCUT2D eigenvalue weighted by Crippen LogP contribution is -2.31. The first-order chi connectivity index (χ1) is 12.1. The summed E-state index contributed by atoms with van der Waals surface area (Å²) in [6.45, 7) is 2.62. The van der Waals surface area contributed by atoms with Gasteiger partial charge >= 0.3 is 0 Å². The lowest BCUT2D eigenvalue weighted by Gasteiger charge is -2.12. The van der Waals surface area contributed by atoms with Crippen LogP contribution in [0.2, 0.25) is 0 Å². The van der Waals surface area contributed by atoms with Crippen LogP contribution in [0.15, 0.2) is 59.5 Å². The van der Waals surface area contributed by atoms with E-state index in [0.717, 1.165) is 23.9 Å². The Labute approximate surface area is 146 Å². The molecule has 1 unspecified atom stereocenters. The van der Waals surface area contributed by atoms with Gasteiger partial charge in [0.15, 0.2) is 0 Å². The number of benzene rings is 2. The summed E-state index contributed by atoms with van der Waals surface area (Å²) in [4.78, 5) is 25.3. The average molecular weight is 332 g/mol. The molecule has 4 rings (SSSR count). The first-order valence-electron chi connectivity index (χ1n) is 8.64. The summed E-state index contributed by atoms with van der Waals surface area (Å²) in [7, 11) is 0. The highest BCUT2D eigenvalue weighted by Crippen LogP contribution is 2.30. The zero-order valence-corrected chi connectivity index (χ0v) is 14.2. The molecule has 2 heterocycles. The van der Waals surface area contributed by atoms with E-state index in [4.69, 9.17) is 0 Å². The molecule has 3 aromatic rings. The smallest absolute Gasteiger partial charge is 0.256 e. The van der Waals surface area contributed by atoms with Crippen molar-refractivity contribution in [3.63, 3.8) is 0 Å². The zero-order valence-electron chi connectivity index (χ0n) is 14.2. The van der Waals surface area contributed by atoms with Gasteiger partial charge in [0.05, 0.1) is 5.52 Å². The summed E-state index contributed by atoms with van der Waals surface area (Å²) in [5.41, 5.74) is 3.36. The quantitative estimate of drug-likeness (QED) is 0.798. The van der Waals surface area contributed by atoms with Gasteiger partial charge in [-0.25, -0.2) is 0 Å². The third-order valence-electron chi connectivity index (χ3n) is 4.91. The molecule has 0 fully saturated rings. The number of hydrogen-bond donors (Lipinski definition) is 1. The molecule has 1 atom stereocenters. The van der Waals surface area contributed by atoms with Gasteiger partial charge in [0, 0.05) is 24.2 Å². The van der Waals surface area contributed by atoms with Crippen molar-refractivity contribution >= 4 is 16.8 Å². The summed E-state index contributed by atoms with van der Waals surface area (Å²) in [6.07, 6.45) is 3.37. The fourth-order valence-electron chi connectivity index (χ4n) is 3.64. The van der Waals surface area contributed by atoms with E-state index in [2.05, 4.69) is 22.9 Å². The van der Waals surface area contributed by atoms with Crippen molar-refractivity contribution in [2.24, 2.45) is 0 Å². The number of carbonyl (C=O) groups is 1. The highest BCUT2D eigenvalue weighted by Gasteiger charge is 2.24. The third-order valence-corrected chi connectivity index (χ3v) is 4.91. The van der Waals surface area contributed by atoms with Crippen LogP contribution >= 0.6 is 0 Å². The molecule has 1 N–H and O–H groups in total. The first-order valence-corrected chi connectivity index (χ1v) is 8.64. The number of carbonyl (C=O) groups excluding carboxylic acids is 1. The van der Waals surface area contributed by atoms with Crippen LogP contribution < -0.4 is 10.7 Å². The maximum Gasteiger partial charge on any atom is 0.256 e. The number of nitrogens with one attached hydrogen (secondary N) is 1. The normalized spacial score (nSPS) is 15.5. The van der Waals surface area contributed by atoms with Crippen LogP contribution in [-0.4, -0.2) is 17.0 Å². The molecule has 4 nitrogen and oxygen atoms in total. The molecule has 1 amide bonds. The van der Waals surface area contributed by atoms with Gasteiger partial charge in [-0.1, -0.05) is 42.5 Å². The second kappa shape index (κ2) is 6.20. The predicted molar refractivity (Wildman–Crippen MR) is 99.1 cm³/mol. The fraction of sp³-hybridized carbons (Fsp3) is 0.238. The molecule has 0 aliphatic carbocycles. The zero-order chi connectivity index (χ0) is 17.4. The minimum absolute atomic E-state index is 0.181. The fourth-order valence-corrected chi connectivity index (χ4v) is 3.64. The molecular formula is C21H20N2O2. The van der Waals surface area contributed by atoms with Crippen molar-refractivity contribution < 1.29 is 4.79 Å². The van der Waals surface area contributed by atoms with E-state index in [1.807, 2.05) is 42.5 Å². The summed E-state index contributed by atoms with van der Waals surface area (Å²) in [5, 5.41) is 3.52. The lowest BCUT2D eigenvalue weighted by atomic mass is 10.1. The Kier molecular flexibility index (Phi) is 3.88. The molecule has 1 aliphatic heterocycles. The van der Waals surface area contributed by atoms with E-state index in [0.29, 0.717) is 11.9 Å². The number of amides is 1. The van der Waals surface area contributed by atoms with E-state index in [9.17, 15) is 9.59 Å². The van der Waals surface area contributed by atoms with Crippen LogP contribution in [0, 0.1) is 0 Å². The summed E-state index contributed by atoms with van der Waals surface area (Å²) < 4.78 is 2.07. The van der Waals surface area contributed by atoms with Crippen molar-refractivity contribution in [2.45, 2.75) is 25.8 Å².